The van der Waals surface area contributed by atoms with Crippen molar-refractivity contribution in [3.05, 3.63) is 122 Å². The van der Waals surface area contributed by atoms with Gasteiger partial charge in [0, 0.05) is 19.3 Å². The van der Waals surface area contributed by atoms with E-state index in [2.05, 4.69) is 124 Å². The molecule has 0 radical (unpaired) electrons. The molecule has 0 fully saturated rings. The van der Waals surface area contributed by atoms with Gasteiger partial charge in [-0.25, -0.2) is 0 Å². The Labute approximate surface area is 431 Å². The highest BCUT2D eigenvalue weighted by atomic mass is 16.6. The summed E-state index contributed by atoms with van der Waals surface area (Å²) < 4.78 is 16.8. The molecule has 0 aliphatic rings. The number of hydrogen-bond donors (Lipinski definition) is 0. The van der Waals surface area contributed by atoms with Crippen LogP contribution in [0.2, 0.25) is 0 Å². The first kappa shape index (κ1) is 65.8. The zero-order valence-electron chi connectivity index (χ0n) is 45.2. The van der Waals surface area contributed by atoms with E-state index >= 15 is 0 Å². The highest BCUT2D eigenvalue weighted by molar-refractivity contribution is 5.71. The Morgan fingerprint density at radius 3 is 1.07 bits per heavy atom. The lowest BCUT2D eigenvalue weighted by molar-refractivity contribution is -0.167. The smallest absolute Gasteiger partial charge is 0.306 e. The first-order valence-electron chi connectivity index (χ1n) is 28.6. The molecule has 0 heterocycles. The Hall–Kier alpha value is -4.19. The van der Waals surface area contributed by atoms with Gasteiger partial charge in [0.15, 0.2) is 6.10 Å². The molecule has 0 aromatic heterocycles. The van der Waals surface area contributed by atoms with Crippen LogP contribution in [0.15, 0.2) is 122 Å². The fourth-order valence-electron chi connectivity index (χ4n) is 7.53. The van der Waals surface area contributed by atoms with Crippen molar-refractivity contribution in [3.8, 4) is 0 Å². The van der Waals surface area contributed by atoms with E-state index < -0.39 is 6.10 Å². The van der Waals surface area contributed by atoms with Crippen LogP contribution in [-0.4, -0.2) is 37.2 Å². The molecule has 396 valence electrons. The van der Waals surface area contributed by atoms with Crippen molar-refractivity contribution in [2.75, 3.05) is 13.2 Å². The highest BCUT2D eigenvalue weighted by Crippen LogP contribution is 2.14. The molecular formula is C64H104O6. The van der Waals surface area contributed by atoms with Crippen LogP contribution in [0.5, 0.6) is 0 Å². The van der Waals surface area contributed by atoms with Crippen LogP contribution in [-0.2, 0) is 28.6 Å². The summed E-state index contributed by atoms with van der Waals surface area (Å²) in [5, 5.41) is 0. The van der Waals surface area contributed by atoms with Crippen molar-refractivity contribution in [2.45, 2.75) is 252 Å². The maximum atomic E-state index is 12.9. The molecule has 1 atom stereocenters. The zero-order chi connectivity index (χ0) is 50.7. The molecule has 0 aliphatic heterocycles. The largest absolute Gasteiger partial charge is 0.462 e. The van der Waals surface area contributed by atoms with E-state index in [1.54, 1.807) is 0 Å². The molecule has 0 bridgehead atoms. The predicted molar refractivity (Wildman–Crippen MR) is 302 cm³/mol. The van der Waals surface area contributed by atoms with Gasteiger partial charge in [-0.15, -0.1) is 0 Å². The van der Waals surface area contributed by atoms with Crippen LogP contribution in [0, 0.1) is 0 Å². The summed E-state index contributed by atoms with van der Waals surface area (Å²) in [4.78, 5) is 38.2. The monoisotopic (exact) mass is 969 g/mol. The predicted octanol–water partition coefficient (Wildman–Crippen LogP) is 19.3. The standard InChI is InChI=1S/C64H104O6/c1-4-7-10-13-16-19-22-25-28-30-32-34-36-39-42-45-48-51-54-57-63(66)69-60-61(59-68-62(65)56-53-50-47-44-41-38-35-27-24-21-18-15-12-9-6-3)70-64(67)58-55-52-49-46-43-40-37-33-31-29-26-23-20-17-14-11-8-5-2/h7,9-10,12,15-16,18-19,21,24-25,27-28,32-35,37,39,42,61H,4-6,8,11,13-14,17,20,22-23,26,29-31,36,38,40-41,43-60H2,1-3H3/b10-7-,12-9-,18-15-,19-16-,24-21-,28-25-,34-32-,35-27-,37-33-,42-39-. The average molecular weight is 970 g/mol. The molecule has 0 rings (SSSR count). The molecule has 0 aromatic carbocycles. The SMILES string of the molecule is CC\C=C/C=C\C=C/C=C\CCCCCCCC(=O)OCC(COC(=O)CCCCC/C=C\C/C=C\C/C=C\C/C=C\C/C=C\CC)OC(=O)CCCCCCC/C=C\CCCCCCCCCCC. The van der Waals surface area contributed by atoms with Gasteiger partial charge in [-0.1, -0.05) is 239 Å². The number of rotatable bonds is 50. The number of unbranched alkanes of at least 4 members (excludes halogenated alkanes) is 22. The fraction of sp³-hybridized carbons (Fsp3) is 0.641. The van der Waals surface area contributed by atoms with E-state index in [-0.39, 0.29) is 31.1 Å². The van der Waals surface area contributed by atoms with E-state index in [1.807, 2.05) is 18.2 Å². The summed E-state index contributed by atoms with van der Waals surface area (Å²) >= 11 is 0. The molecule has 0 spiro atoms. The molecule has 0 aromatic rings. The minimum atomic E-state index is -0.810. The van der Waals surface area contributed by atoms with Crippen LogP contribution in [0.25, 0.3) is 0 Å². The van der Waals surface area contributed by atoms with Crippen LogP contribution in [0.3, 0.4) is 0 Å². The van der Waals surface area contributed by atoms with Crippen molar-refractivity contribution in [1.29, 1.82) is 0 Å². The lowest BCUT2D eigenvalue weighted by atomic mass is 10.1. The molecule has 1 unspecified atom stereocenters. The maximum Gasteiger partial charge on any atom is 0.306 e. The van der Waals surface area contributed by atoms with Crippen LogP contribution >= 0.6 is 0 Å². The Balaban J connectivity index is 4.51. The molecular weight excluding hydrogens is 865 g/mol. The molecule has 70 heavy (non-hydrogen) atoms. The minimum absolute atomic E-state index is 0.107. The van der Waals surface area contributed by atoms with Gasteiger partial charge in [0.25, 0.3) is 0 Å². The Kier molecular flexibility index (Phi) is 54.0. The third-order valence-corrected chi connectivity index (χ3v) is 11.8. The summed E-state index contributed by atoms with van der Waals surface area (Å²) in [5.74, 6) is -0.971. The van der Waals surface area contributed by atoms with Crippen LogP contribution in [0.1, 0.15) is 245 Å². The quantitative estimate of drug-likeness (QED) is 0.0199. The summed E-state index contributed by atoms with van der Waals surface area (Å²) in [6.45, 7) is 6.33. The van der Waals surface area contributed by atoms with E-state index in [1.165, 1.54) is 70.6 Å². The van der Waals surface area contributed by atoms with Gasteiger partial charge in [-0.05, 0) is 109 Å². The minimum Gasteiger partial charge on any atom is -0.462 e. The zero-order valence-corrected chi connectivity index (χ0v) is 45.2. The molecule has 0 amide bonds. The number of hydrogen-bond acceptors (Lipinski definition) is 6. The number of esters is 3. The highest BCUT2D eigenvalue weighted by Gasteiger charge is 2.19. The number of allylic oxidation sites excluding steroid dienone is 20. The first-order valence-corrected chi connectivity index (χ1v) is 28.6. The molecule has 6 nitrogen and oxygen atoms in total. The lowest BCUT2D eigenvalue weighted by Gasteiger charge is -2.18. The molecule has 0 N–H and O–H groups in total. The van der Waals surface area contributed by atoms with Gasteiger partial charge in [0.1, 0.15) is 13.2 Å². The van der Waals surface area contributed by atoms with Gasteiger partial charge >= 0.3 is 17.9 Å². The van der Waals surface area contributed by atoms with Crippen molar-refractivity contribution < 1.29 is 28.6 Å². The van der Waals surface area contributed by atoms with E-state index in [0.717, 1.165) is 135 Å². The summed E-state index contributed by atoms with van der Waals surface area (Å²) in [7, 11) is 0. The number of carbonyl (C=O) groups excluding carboxylic acids is 3. The fourth-order valence-corrected chi connectivity index (χ4v) is 7.53. The number of ether oxygens (including phenoxy) is 3. The summed E-state index contributed by atoms with van der Waals surface area (Å²) in [6, 6.07) is 0. The van der Waals surface area contributed by atoms with E-state index in [4.69, 9.17) is 14.2 Å². The summed E-state index contributed by atoms with van der Waals surface area (Å²) in [5.41, 5.74) is 0. The van der Waals surface area contributed by atoms with E-state index in [0.29, 0.717) is 19.3 Å². The van der Waals surface area contributed by atoms with Gasteiger partial charge in [-0.3, -0.25) is 14.4 Å². The molecule has 0 saturated heterocycles. The first-order chi connectivity index (χ1) is 34.5. The molecule has 0 aliphatic carbocycles. The second-order valence-electron chi connectivity index (χ2n) is 18.5. The van der Waals surface area contributed by atoms with Crippen molar-refractivity contribution in [3.63, 3.8) is 0 Å². The topological polar surface area (TPSA) is 78.9 Å². The second-order valence-corrected chi connectivity index (χ2v) is 18.5. The van der Waals surface area contributed by atoms with Crippen molar-refractivity contribution >= 4 is 17.9 Å². The Bertz CT molecular complexity index is 1490. The average Bonchev–Trinajstić information content (AvgIpc) is 3.36. The van der Waals surface area contributed by atoms with Crippen LogP contribution < -0.4 is 0 Å². The van der Waals surface area contributed by atoms with Gasteiger partial charge in [0.2, 0.25) is 0 Å². The van der Waals surface area contributed by atoms with Crippen molar-refractivity contribution in [2.24, 2.45) is 0 Å². The third-order valence-electron chi connectivity index (χ3n) is 11.8. The number of carbonyl (C=O) groups is 3. The lowest BCUT2D eigenvalue weighted by Crippen LogP contribution is -2.30. The van der Waals surface area contributed by atoms with E-state index in [9.17, 15) is 14.4 Å². The molecule has 0 saturated carbocycles. The van der Waals surface area contributed by atoms with Gasteiger partial charge in [-0.2, -0.15) is 0 Å². The molecule has 6 heteroatoms. The summed E-state index contributed by atoms with van der Waals surface area (Å²) in [6.07, 6.45) is 79.0. The Morgan fingerprint density at radius 2 is 0.629 bits per heavy atom. The van der Waals surface area contributed by atoms with Crippen molar-refractivity contribution in [1.82, 2.24) is 0 Å². The van der Waals surface area contributed by atoms with Crippen LogP contribution in [0.4, 0.5) is 0 Å². The normalized spacial score (nSPS) is 13.0. The van der Waals surface area contributed by atoms with Gasteiger partial charge < -0.3 is 14.2 Å². The Morgan fingerprint density at radius 1 is 0.314 bits per heavy atom. The maximum absolute atomic E-state index is 12.9. The van der Waals surface area contributed by atoms with Gasteiger partial charge in [0.05, 0.1) is 0 Å². The second kappa shape index (κ2) is 57.4. The third kappa shape index (κ3) is 54.7.